The van der Waals surface area contributed by atoms with Crippen molar-refractivity contribution in [2.24, 2.45) is 0 Å². The number of hydrogen-bond acceptors (Lipinski definition) is 3. The molecule has 2 aromatic heterocycles. The van der Waals surface area contributed by atoms with E-state index in [9.17, 15) is 0 Å². The van der Waals surface area contributed by atoms with Crippen molar-refractivity contribution in [3.63, 3.8) is 0 Å². The molecule has 0 radical (unpaired) electrons. The van der Waals surface area contributed by atoms with Crippen molar-refractivity contribution < 1.29 is 4.74 Å². The van der Waals surface area contributed by atoms with E-state index in [1.807, 2.05) is 19.9 Å². The SMILES string of the molecule is COC(C)(C)Cn1c(CCCl)nc2cc(Cl)cnc21. The third kappa shape index (κ3) is 3.19. The molecule has 2 aromatic rings. The summed E-state index contributed by atoms with van der Waals surface area (Å²) in [5.41, 5.74) is 1.31. The van der Waals surface area contributed by atoms with Gasteiger partial charge in [-0.3, -0.25) is 0 Å². The number of aromatic nitrogens is 3. The lowest BCUT2D eigenvalue weighted by Gasteiger charge is -2.24. The van der Waals surface area contributed by atoms with Crippen molar-refractivity contribution >= 4 is 34.4 Å². The molecule has 0 amide bonds. The van der Waals surface area contributed by atoms with Crippen LogP contribution in [0.2, 0.25) is 5.02 Å². The third-order valence-electron chi connectivity index (χ3n) is 3.04. The fourth-order valence-electron chi connectivity index (χ4n) is 1.92. The maximum atomic E-state index is 5.96. The van der Waals surface area contributed by atoms with Crippen LogP contribution in [-0.2, 0) is 17.7 Å². The van der Waals surface area contributed by atoms with E-state index in [1.54, 1.807) is 13.3 Å². The molecule has 0 aliphatic carbocycles. The highest BCUT2D eigenvalue weighted by atomic mass is 35.5. The van der Waals surface area contributed by atoms with E-state index in [4.69, 9.17) is 27.9 Å². The monoisotopic (exact) mass is 301 g/mol. The quantitative estimate of drug-likeness (QED) is 0.796. The van der Waals surface area contributed by atoms with Gasteiger partial charge in [0.1, 0.15) is 11.3 Å². The van der Waals surface area contributed by atoms with Crippen molar-refractivity contribution in [3.05, 3.63) is 23.1 Å². The molecule has 0 fully saturated rings. The Labute approximate surface area is 122 Å². The second kappa shape index (κ2) is 5.65. The van der Waals surface area contributed by atoms with Crippen LogP contribution in [-0.4, -0.2) is 33.1 Å². The van der Waals surface area contributed by atoms with Gasteiger partial charge in [-0.2, -0.15) is 0 Å². The summed E-state index contributed by atoms with van der Waals surface area (Å²) in [6, 6.07) is 1.82. The smallest absolute Gasteiger partial charge is 0.160 e. The van der Waals surface area contributed by atoms with E-state index in [2.05, 4.69) is 14.5 Å². The van der Waals surface area contributed by atoms with Crippen molar-refractivity contribution in [2.75, 3.05) is 13.0 Å². The van der Waals surface area contributed by atoms with Crippen molar-refractivity contribution in [1.82, 2.24) is 14.5 Å². The van der Waals surface area contributed by atoms with Crippen molar-refractivity contribution in [3.8, 4) is 0 Å². The summed E-state index contributed by atoms with van der Waals surface area (Å²) >= 11 is 11.8. The topological polar surface area (TPSA) is 39.9 Å². The number of pyridine rings is 1. The summed E-state index contributed by atoms with van der Waals surface area (Å²) in [4.78, 5) is 8.93. The van der Waals surface area contributed by atoms with Gasteiger partial charge >= 0.3 is 0 Å². The summed E-state index contributed by atoms with van der Waals surface area (Å²) in [5.74, 6) is 1.43. The molecule has 4 nitrogen and oxygen atoms in total. The molecule has 0 bridgehead atoms. The number of hydrogen-bond donors (Lipinski definition) is 0. The van der Waals surface area contributed by atoms with E-state index >= 15 is 0 Å². The van der Waals surface area contributed by atoms with Crippen molar-refractivity contribution in [2.45, 2.75) is 32.4 Å². The van der Waals surface area contributed by atoms with Crippen LogP contribution in [0, 0.1) is 0 Å². The Morgan fingerprint density at radius 2 is 2.16 bits per heavy atom. The number of nitrogens with zero attached hydrogens (tertiary/aromatic N) is 3. The second-order valence-electron chi connectivity index (χ2n) is 5.01. The van der Waals surface area contributed by atoms with Crippen LogP contribution in [0.3, 0.4) is 0 Å². The van der Waals surface area contributed by atoms with Gasteiger partial charge in [0.25, 0.3) is 0 Å². The summed E-state index contributed by atoms with van der Waals surface area (Å²) < 4.78 is 7.53. The van der Waals surface area contributed by atoms with Gasteiger partial charge in [-0.1, -0.05) is 11.6 Å². The maximum absolute atomic E-state index is 5.96. The lowest BCUT2D eigenvalue weighted by Crippen LogP contribution is -2.30. The zero-order valence-electron chi connectivity index (χ0n) is 11.3. The molecule has 2 rings (SSSR count). The highest BCUT2D eigenvalue weighted by Gasteiger charge is 2.21. The summed E-state index contributed by atoms with van der Waals surface area (Å²) in [6.07, 6.45) is 2.32. The molecular formula is C13H17Cl2N3O. The van der Waals surface area contributed by atoms with Crippen LogP contribution < -0.4 is 0 Å². The minimum atomic E-state index is -0.296. The van der Waals surface area contributed by atoms with Gasteiger partial charge in [-0.05, 0) is 19.9 Å². The molecule has 19 heavy (non-hydrogen) atoms. The molecule has 104 valence electrons. The first-order valence-corrected chi connectivity index (χ1v) is 7.00. The van der Waals surface area contributed by atoms with E-state index in [1.165, 1.54) is 0 Å². The van der Waals surface area contributed by atoms with Gasteiger partial charge in [0, 0.05) is 25.6 Å². The van der Waals surface area contributed by atoms with E-state index in [-0.39, 0.29) is 5.60 Å². The molecule has 0 unspecified atom stereocenters. The summed E-state index contributed by atoms with van der Waals surface area (Å²) in [5, 5.41) is 0.584. The minimum Gasteiger partial charge on any atom is -0.377 e. The van der Waals surface area contributed by atoms with Crippen LogP contribution in [0.25, 0.3) is 11.2 Å². The fourth-order valence-corrected chi connectivity index (χ4v) is 2.24. The Morgan fingerprint density at radius 1 is 1.42 bits per heavy atom. The number of fused-ring (bicyclic) bond motifs is 1. The van der Waals surface area contributed by atoms with Crippen LogP contribution in [0.1, 0.15) is 19.7 Å². The first kappa shape index (κ1) is 14.6. The molecule has 0 atom stereocenters. The van der Waals surface area contributed by atoms with Gasteiger partial charge < -0.3 is 9.30 Å². The Kier molecular flexibility index (Phi) is 4.33. The average Bonchev–Trinajstić information content (AvgIpc) is 2.67. The van der Waals surface area contributed by atoms with Crippen LogP contribution in [0.15, 0.2) is 12.3 Å². The predicted octanol–water partition coefficient (Wildman–Crippen LogP) is 3.29. The number of halogens is 2. The Bertz CT molecular complexity index is 581. The minimum absolute atomic E-state index is 0.296. The Morgan fingerprint density at radius 3 is 2.79 bits per heavy atom. The molecular weight excluding hydrogens is 285 g/mol. The standard InChI is InChI=1S/C13H17Cl2N3O/c1-13(2,19-3)8-18-11(4-5-14)17-10-6-9(15)7-16-12(10)18/h6-7H,4-5,8H2,1-3H3. The number of imidazole rings is 1. The van der Waals surface area contributed by atoms with Gasteiger partial charge in [-0.15, -0.1) is 11.6 Å². The number of alkyl halides is 1. The number of rotatable bonds is 5. The number of ether oxygens (including phenoxy) is 1. The highest BCUT2D eigenvalue weighted by Crippen LogP contribution is 2.22. The third-order valence-corrected chi connectivity index (χ3v) is 3.44. The van der Waals surface area contributed by atoms with E-state index < -0.39 is 0 Å². The lowest BCUT2D eigenvalue weighted by molar-refractivity contribution is 0.00835. The largest absolute Gasteiger partial charge is 0.377 e. The van der Waals surface area contributed by atoms with Gasteiger partial charge in [0.2, 0.25) is 0 Å². The van der Waals surface area contributed by atoms with Crippen LogP contribution >= 0.6 is 23.2 Å². The normalized spacial score (nSPS) is 12.3. The molecule has 0 N–H and O–H groups in total. The summed E-state index contributed by atoms with van der Waals surface area (Å²) in [7, 11) is 1.70. The van der Waals surface area contributed by atoms with E-state index in [0.29, 0.717) is 23.9 Å². The molecule has 0 saturated carbocycles. The molecule has 2 heterocycles. The number of methoxy groups -OCH3 is 1. The zero-order chi connectivity index (χ0) is 14.0. The molecule has 0 aliphatic heterocycles. The molecule has 0 aliphatic rings. The van der Waals surface area contributed by atoms with Gasteiger partial charge in [-0.25, -0.2) is 9.97 Å². The van der Waals surface area contributed by atoms with E-state index in [0.717, 1.165) is 17.0 Å². The van der Waals surface area contributed by atoms with Gasteiger partial charge in [0.15, 0.2) is 5.65 Å². The van der Waals surface area contributed by atoms with Crippen molar-refractivity contribution in [1.29, 1.82) is 0 Å². The van der Waals surface area contributed by atoms with Crippen LogP contribution in [0.5, 0.6) is 0 Å². The van der Waals surface area contributed by atoms with Gasteiger partial charge in [0.05, 0.1) is 17.2 Å². The Hall–Kier alpha value is -0.840. The lowest BCUT2D eigenvalue weighted by atomic mass is 10.1. The predicted molar refractivity (Wildman–Crippen MR) is 78.1 cm³/mol. The Balaban J connectivity index is 2.52. The molecule has 6 heteroatoms. The molecule has 0 spiro atoms. The summed E-state index contributed by atoms with van der Waals surface area (Å²) in [6.45, 7) is 4.72. The highest BCUT2D eigenvalue weighted by molar-refractivity contribution is 6.31. The molecule has 0 aromatic carbocycles. The van der Waals surface area contributed by atoms with Crippen LogP contribution in [0.4, 0.5) is 0 Å². The maximum Gasteiger partial charge on any atom is 0.160 e. The molecule has 0 saturated heterocycles. The average molecular weight is 302 g/mol. The zero-order valence-corrected chi connectivity index (χ0v) is 12.8. The number of aryl methyl sites for hydroxylation is 1. The second-order valence-corrected chi connectivity index (χ2v) is 5.83. The fraction of sp³-hybridized carbons (Fsp3) is 0.538. The first-order valence-electron chi connectivity index (χ1n) is 6.08. The first-order chi connectivity index (χ1) is 8.96.